The first-order valence-corrected chi connectivity index (χ1v) is 6.16. The van der Waals surface area contributed by atoms with Crippen molar-refractivity contribution >= 4 is 30.7 Å². The molecule has 1 aromatic rings. The molecule has 0 spiro atoms. The normalized spacial score (nSPS) is 18.2. The van der Waals surface area contributed by atoms with Crippen LogP contribution in [0.15, 0.2) is 24.5 Å². The number of pyridine rings is 1. The molecule has 6 heteroatoms. The van der Waals surface area contributed by atoms with Crippen LogP contribution in [0.3, 0.4) is 0 Å². The molecule has 0 saturated carbocycles. The molecule has 2 heterocycles. The molecule has 0 aliphatic carbocycles. The fourth-order valence-corrected chi connectivity index (χ4v) is 2.12. The summed E-state index contributed by atoms with van der Waals surface area (Å²) in [6.07, 6.45) is 4.94. The van der Waals surface area contributed by atoms with Gasteiger partial charge in [0, 0.05) is 44.5 Å². The summed E-state index contributed by atoms with van der Waals surface area (Å²) in [5, 5.41) is 3.34. The van der Waals surface area contributed by atoms with E-state index in [4.69, 9.17) is 0 Å². The Labute approximate surface area is 126 Å². The lowest BCUT2D eigenvalue weighted by atomic mass is 10.1. The maximum atomic E-state index is 12.0. The minimum absolute atomic E-state index is 0. The molecule has 0 unspecified atom stereocenters. The number of amides is 1. The Bertz CT molecular complexity index is 375. The van der Waals surface area contributed by atoms with Crippen molar-refractivity contribution in [3.8, 4) is 0 Å². The van der Waals surface area contributed by atoms with E-state index in [1.165, 1.54) is 5.56 Å². The molecule has 0 aromatic carbocycles. The van der Waals surface area contributed by atoms with Crippen molar-refractivity contribution in [3.05, 3.63) is 30.1 Å². The van der Waals surface area contributed by atoms with Gasteiger partial charge < -0.3 is 10.2 Å². The van der Waals surface area contributed by atoms with E-state index < -0.39 is 0 Å². The third-order valence-corrected chi connectivity index (χ3v) is 3.10. The maximum absolute atomic E-state index is 12.0. The Morgan fingerprint density at radius 2 is 2.11 bits per heavy atom. The second-order valence-electron chi connectivity index (χ2n) is 4.55. The minimum Gasteiger partial charge on any atom is -0.340 e. The van der Waals surface area contributed by atoms with Gasteiger partial charge in [-0.05, 0) is 31.0 Å². The number of hydrogen-bond donors (Lipinski definition) is 1. The third kappa shape index (κ3) is 5.76. The molecule has 1 aliphatic heterocycles. The standard InChI is InChI=1S/C13H19N3O.2ClH/c1-11-10-16(9-8-15-11)13(17)3-2-12-4-6-14-7-5-12;;/h4-7,11,15H,2-3,8-10H2,1H3;2*1H/t11-;;/m0../s1. The van der Waals surface area contributed by atoms with Crippen LogP contribution in [0.4, 0.5) is 0 Å². The van der Waals surface area contributed by atoms with Gasteiger partial charge in [0.1, 0.15) is 0 Å². The number of aromatic nitrogens is 1. The van der Waals surface area contributed by atoms with E-state index in [0.29, 0.717) is 12.5 Å². The predicted molar refractivity (Wildman–Crippen MR) is 81.1 cm³/mol. The highest BCUT2D eigenvalue weighted by Crippen LogP contribution is 2.06. The van der Waals surface area contributed by atoms with E-state index >= 15 is 0 Å². The topological polar surface area (TPSA) is 45.2 Å². The molecule has 0 radical (unpaired) electrons. The SMILES string of the molecule is C[C@H]1CN(C(=O)CCc2ccncc2)CCN1.Cl.Cl. The number of hydrogen-bond acceptors (Lipinski definition) is 3. The predicted octanol–water partition coefficient (Wildman–Crippen LogP) is 1.68. The van der Waals surface area contributed by atoms with Gasteiger partial charge in [0.05, 0.1) is 0 Å². The van der Waals surface area contributed by atoms with Crippen LogP contribution in [0, 0.1) is 0 Å². The van der Waals surface area contributed by atoms with Gasteiger partial charge in [-0.15, -0.1) is 24.8 Å². The summed E-state index contributed by atoms with van der Waals surface area (Å²) >= 11 is 0. The largest absolute Gasteiger partial charge is 0.340 e. The van der Waals surface area contributed by atoms with E-state index in [2.05, 4.69) is 17.2 Å². The van der Waals surface area contributed by atoms with Crippen molar-refractivity contribution in [3.63, 3.8) is 0 Å². The lowest BCUT2D eigenvalue weighted by Gasteiger charge is -2.32. The average Bonchev–Trinajstić information content (AvgIpc) is 2.37. The summed E-state index contributed by atoms with van der Waals surface area (Å²) in [6, 6.07) is 4.34. The average molecular weight is 306 g/mol. The van der Waals surface area contributed by atoms with Crippen LogP contribution in [0.5, 0.6) is 0 Å². The summed E-state index contributed by atoms with van der Waals surface area (Å²) in [5.74, 6) is 0.259. The number of aryl methyl sites for hydroxylation is 1. The van der Waals surface area contributed by atoms with Crippen LogP contribution in [-0.4, -0.2) is 41.5 Å². The van der Waals surface area contributed by atoms with Crippen LogP contribution in [0.1, 0.15) is 18.9 Å². The van der Waals surface area contributed by atoms with E-state index in [1.807, 2.05) is 17.0 Å². The quantitative estimate of drug-likeness (QED) is 0.924. The zero-order chi connectivity index (χ0) is 12.1. The number of piperazine rings is 1. The number of rotatable bonds is 3. The minimum atomic E-state index is 0. The Morgan fingerprint density at radius 3 is 2.74 bits per heavy atom. The summed E-state index contributed by atoms with van der Waals surface area (Å²) in [7, 11) is 0. The van der Waals surface area contributed by atoms with Crippen LogP contribution in [0.2, 0.25) is 0 Å². The summed E-state index contributed by atoms with van der Waals surface area (Å²) < 4.78 is 0. The molecule has 1 saturated heterocycles. The molecule has 1 amide bonds. The smallest absolute Gasteiger partial charge is 0.222 e. The first kappa shape index (κ1) is 18.2. The first-order chi connectivity index (χ1) is 8.25. The molecule has 1 N–H and O–H groups in total. The van der Waals surface area contributed by atoms with Gasteiger partial charge in [0.15, 0.2) is 0 Å². The number of halogens is 2. The number of carbonyl (C=O) groups is 1. The fraction of sp³-hybridized carbons (Fsp3) is 0.538. The van der Waals surface area contributed by atoms with Crippen molar-refractivity contribution in [2.75, 3.05) is 19.6 Å². The Hall–Kier alpha value is -0.840. The van der Waals surface area contributed by atoms with Crippen LogP contribution in [0.25, 0.3) is 0 Å². The third-order valence-electron chi connectivity index (χ3n) is 3.10. The van der Waals surface area contributed by atoms with Crippen molar-refractivity contribution in [1.82, 2.24) is 15.2 Å². The monoisotopic (exact) mass is 305 g/mol. The lowest BCUT2D eigenvalue weighted by molar-refractivity contribution is -0.132. The number of nitrogens with zero attached hydrogens (tertiary/aromatic N) is 2. The summed E-state index contributed by atoms with van der Waals surface area (Å²) in [5.41, 5.74) is 1.18. The van der Waals surface area contributed by atoms with Crippen molar-refractivity contribution in [2.45, 2.75) is 25.8 Å². The van der Waals surface area contributed by atoms with Crippen LogP contribution < -0.4 is 5.32 Å². The van der Waals surface area contributed by atoms with Gasteiger partial charge in [-0.1, -0.05) is 0 Å². The molecule has 1 fully saturated rings. The molecular formula is C13H21Cl2N3O. The van der Waals surface area contributed by atoms with E-state index in [0.717, 1.165) is 26.1 Å². The molecule has 1 atom stereocenters. The first-order valence-electron chi connectivity index (χ1n) is 6.16. The molecule has 0 bridgehead atoms. The number of nitrogens with one attached hydrogen (secondary N) is 1. The molecule has 108 valence electrons. The maximum Gasteiger partial charge on any atom is 0.222 e. The molecule has 1 aliphatic rings. The fourth-order valence-electron chi connectivity index (χ4n) is 2.12. The van der Waals surface area contributed by atoms with Gasteiger partial charge in [-0.3, -0.25) is 9.78 Å². The highest BCUT2D eigenvalue weighted by molar-refractivity contribution is 5.85. The van der Waals surface area contributed by atoms with E-state index in [1.54, 1.807) is 12.4 Å². The van der Waals surface area contributed by atoms with E-state index in [-0.39, 0.29) is 30.7 Å². The van der Waals surface area contributed by atoms with Crippen LogP contribution in [-0.2, 0) is 11.2 Å². The lowest BCUT2D eigenvalue weighted by Crippen LogP contribution is -2.51. The van der Waals surface area contributed by atoms with E-state index in [9.17, 15) is 4.79 Å². The van der Waals surface area contributed by atoms with Gasteiger partial charge in [-0.2, -0.15) is 0 Å². The van der Waals surface area contributed by atoms with Gasteiger partial charge >= 0.3 is 0 Å². The van der Waals surface area contributed by atoms with Crippen molar-refractivity contribution in [1.29, 1.82) is 0 Å². The van der Waals surface area contributed by atoms with Crippen LogP contribution >= 0.6 is 24.8 Å². The second kappa shape index (κ2) is 9.13. The molecule has 2 rings (SSSR count). The summed E-state index contributed by atoms with van der Waals surface area (Å²) in [4.78, 5) is 17.9. The van der Waals surface area contributed by atoms with Gasteiger partial charge in [-0.25, -0.2) is 0 Å². The Balaban J connectivity index is 0.00000162. The summed E-state index contributed by atoms with van der Waals surface area (Å²) in [6.45, 7) is 4.68. The van der Waals surface area contributed by atoms with Gasteiger partial charge in [0.2, 0.25) is 5.91 Å². The zero-order valence-corrected chi connectivity index (χ0v) is 12.7. The highest BCUT2D eigenvalue weighted by Gasteiger charge is 2.19. The molecule has 19 heavy (non-hydrogen) atoms. The molecule has 4 nitrogen and oxygen atoms in total. The van der Waals surface area contributed by atoms with Gasteiger partial charge in [0.25, 0.3) is 0 Å². The zero-order valence-electron chi connectivity index (χ0n) is 11.0. The van der Waals surface area contributed by atoms with Crippen molar-refractivity contribution in [2.24, 2.45) is 0 Å². The van der Waals surface area contributed by atoms with Crippen molar-refractivity contribution < 1.29 is 4.79 Å². The Morgan fingerprint density at radius 1 is 1.42 bits per heavy atom. The molecule has 1 aromatic heterocycles. The molecular weight excluding hydrogens is 285 g/mol. The highest BCUT2D eigenvalue weighted by atomic mass is 35.5. The Kier molecular flexibility index (Phi) is 8.72. The second-order valence-corrected chi connectivity index (χ2v) is 4.55. The number of carbonyl (C=O) groups excluding carboxylic acids is 1.